The Bertz CT molecular complexity index is 725. The molecule has 6 nitrogen and oxygen atoms in total. The van der Waals surface area contributed by atoms with E-state index in [0.717, 1.165) is 23.4 Å². The highest BCUT2D eigenvalue weighted by atomic mass is 32.1. The summed E-state index contributed by atoms with van der Waals surface area (Å²) in [5.41, 5.74) is 0.790. The van der Waals surface area contributed by atoms with E-state index < -0.39 is 0 Å². The van der Waals surface area contributed by atoms with Crippen LogP contribution in [-0.2, 0) is 6.42 Å². The molecular weight excluding hydrogens is 300 g/mol. The molecule has 0 atom stereocenters. The third kappa shape index (κ3) is 3.56. The predicted molar refractivity (Wildman–Crippen MR) is 82.5 cm³/mol. The average Bonchev–Trinajstić information content (AvgIpc) is 3.24. The van der Waals surface area contributed by atoms with Crippen LogP contribution in [0.4, 0.5) is 0 Å². The number of nitrogens with zero attached hydrogens (tertiary/aromatic N) is 3. The minimum absolute atomic E-state index is 0.0492. The van der Waals surface area contributed by atoms with Gasteiger partial charge in [0.1, 0.15) is 0 Å². The van der Waals surface area contributed by atoms with Gasteiger partial charge < -0.3 is 9.84 Å². The van der Waals surface area contributed by atoms with Crippen molar-refractivity contribution in [3.63, 3.8) is 0 Å². The number of rotatable bonds is 6. The number of carbonyl (C=O) groups is 1. The van der Waals surface area contributed by atoms with Crippen molar-refractivity contribution in [2.75, 3.05) is 6.54 Å². The maximum atomic E-state index is 11.9. The fourth-order valence-corrected chi connectivity index (χ4v) is 2.57. The highest BCUT2D eigenvalue weighted by Gasteiger charge is 2.14. The molecule has 3 aromatic rings. The van der Waals surface area contributed by atoms with Gasteiger partial charge in [0.05, 0.1) is 5.01 Å². The molecule has 0 fully saturated rings. The highest BCUT2D eigenvalue weighted by molar-refractivity contribution is 7.09. The van der Waals surface area contributed by atoms with Crippen molar-refractivity contribution in [2.45, 2.75) is 12.8 Å². The number of hydrogen-bond acceptors (Lipinski definition) is 6. The van der Waals surface area contributed by atoms with E-state index in [-0.39, 0.29) is 11.7 Å². The Kier molecular flexibility index (Phi) is 4.55. The molecule has 0 saturated heterocycles. The zero-order valence-corrected chi connectivity index (χ0v) is 12.5. The average molecular weight is 314 g/mol. The predicted octanol–water partition coefficient (Wildman–Crippen LogP) is 2.56. The van der Waals surface area contributed by atoms with E-state index in [4.69, 9.17) is 4.52 Å². The molecule has 2 heterocycles. The van der Waals surface area contributed by atoms with E-state index >= 15 is 0 Å². The summed E-state index contributed by atoms with van der Waals surface area (Å²) in [6, 6.07) is 9.35. The van der Waals surface area contributed by atoms with Gasteiger partial charge in [-0.15, -0.1) is 11.3 Å². The largest absolute Gasteiger partial charge is 0.349 e. The number of aryl methyl sites for hydroxylation is 1. The summed E-state index contributed by atoms with van der Waals surface area (Å²) in [6.45, 7) is 0.549. The standard InChI is InChI=1S/C15H14N4O2S/c20-14(17-8-4-7-12-16-9-10-22-12)13-18-15(21-19-13)11-5-2-1-3-6-11/h1-3,5-6,9-10H,4,7-8H2,(H,17,20). The molecular formula is C15H14N4O2S. The molecule has 3 rings (SSSR count). The van der Waals surface area contributed by atoms with E-state index in [9.17, 15) is 4.79 Å². The monoisotopic (exact) mass is 314 g/mol. The summed E-state index contributed by atoms with van der Waals surface area (Å²) < 4.78 is 5.11. The van der Waals surface area contributed by atoms with Gasteiger partial charge in [0, 0.05) is 30.1 Å². The summed E-state index contributed by atoms with van der Waals surface area (Å²) in [4.78, 5) is 20.2. The molecule has 0 spiro atoms. The van der Waals surface area contributed by atoms with Crippen LogP contribution in [0.2, 0.25) is 0 Å². The van der Waals surface area contributed by atoms with Gasteiger partial charge in [-0.2, -0.15) is 4.98 Å². The second kappa shape index (κ2) is 6.95. The SMILES string of the molecule is O=C(NCCCc1nccs1)c1noc(-c2ccccc2)n1. The second-order valence-corrected chi connectivity index (χ2v) is 5.55. The van der Waals surface area contributed by atoms with Gasteiger partial charge in [-0.05, 0) is 18.6 Å². The van der Waals surface area contributed by atoms with Crippen LogP contribution in [0.5, 0.6) is 0 Å². The van der Waals surface area contributed by atoms with Crippen molar-refractivity contribution in [3.05, 3.63) is 52.7 Å². The van der Waals surface area contributed by atoms with E-state index in [0.29, 0.717) is 12.4 Å². The van der Waals surface area contributed by atoms with Gasteiger partial charge in [0.25, 0.3) is 17.6 Å². The van der Waals surface area contributed by atoms with E-state index in [1.165, 1.54) is 0 Å². The van der Waals surface area contributed by atoms with Crippen molar-refractivity contribution < 1.29 is 9.32 Å². The summed E-state index contributed by atoms with van der Waals surface area (Å²) >= 11 is 1.62. The molecule has 0 radical (unpaired) electrons. The highest BCUT2D eigenvalue weighted by Crippen LogP contribution is 2.15. The van der Waals surface area contributed by atoms with Crippen LogP contribution in [0.3, 0.4) is 0 Å². The minimum Gasteiger partial charge on any atom is -0.349 e. The first kappa shape index (κ1) is 14.4. The Morgan fingerprint density at radius 2 is 2.14 bits per heavy atom. The summed E-state index contributed by atoms with van der Waals surface area (Å²) in [5.74, 6) is 0.0618. The zero-order valence-electron chi connectivity index (χ0n) is 11.7. The quantitative estimate of drug-likeness (QED) is 0.707. The molecule has 112 valence electrons. The molecule has 1 N–H and O–H groups in total. The van der Waals surface area contributed by atoms with Crippen LogP contribution >= 0.6 is 11.3 Å². The third-order valence-corrected chi connectivity index (χ3v) is 3.83. The summed E-state index contributed by atoms with van der Waals surface area (Å²) in [7, 11) is 0. The molecule has 0 aliphatic heterocycles. The lowest BCUT2D eigenvalue weighted by atomic mass is 10.2. The van der Waals surface area contributed by atoms with Crippen molar-refractivity contribution in [1.29, 1.82) is 0 Å². The van der Waals surface area contributed by atoms with E-state index in [1.54, 1.807) is 17.5 Å². The molecule has 0 aliphatic rings. The van der Waals surface area contributed by atoms with Crippen LogP contribution in [0.25, 0.3) is 11.5 Å². The number of thiazole rings is 1. The molecule has 1 aromatic carbocycles. The number of aromatic nitrogens is 3. The van der Waals surface area contributed by atoms with Crippen molar-refractivity contribution in [1.82, 2.24) is 20.4 Å². The van der Waals surface area contributed by atoms with Crippen LogP contribution in [0.15, 0.2) is 46.4 Å². The fraction of sp³-hybridized carbons (Fsp3) is 0.200. The molecule has 0 unspecified atom stereocenters. The number of amides is 1. The zero-order chi connectivity index (χ0) is 15.2. The molecule has 0 aliphatic carbocycles. The first-order chi connectivity index (χ1) is 10.8. The van der Waals surface area contributed by atoms with Crippen LogP contribution < -0.4 is 5.32 Å². The topological polar surface area (TPSA) is 80.9 Å². The van der Waals surface area contributed by atoms with Gasteiger partial charge in [0.15, 0.2) is 0 Å². The van der Waals surface area contributed by atoms with Gasteiger partial charge in [-0.25, -0.2) is 4.98 Å². The number of hydrogen-bond donors (Lipinski definition) is 1. The molecule has 2 aromatic heterocycles. The Morgan fingerprint density at radius 3 is 2.91 bits per heavy atom. The molecule has 0 saturated carbocycles. The lowest BCUT2D eigenvalue weighted by Gasteiger charge is -2.00. The van der Waals surface area contributed by atoms with Crippen LogP contribution in [-0.4, -0.2) is 27.6 Å². The molecule has 22 heavy (non-hydrogen) atoms. The Hall–Kier alpha value is -2.54. The number of benzene rings is 1. The lowest BCUT2D eigenvalue weighted by Crippen LogP contribution is -2.25. The van der Waals surface area contributed by atoms with Gasteiger partial charge in [0.2, 0.25) is 0 Å². The number of carbonyl (C=O) groups excluding carboxylic acids is 1. The number of nitrogens with one attached hydrogen (secondary N) is 1. The summed E-state index contributed by atoms with van der Waals surface area (Å²) in [6.07, 6.45) is 3.45. The normalized spacial score (nSPS) is 10.5. The van der Waals surface area contributed by atoms with Crippen molar-refractivity contribution >= 4 is 17.2 Å². The smallest absolute Gasteiger partial charge is 0.292 e. The van der Waals surface area contributed by atoms with Crippen LogP contribution in [0, 0.1) is 0 Å². The lowest BCUT2D eigenvalue weighted by molar-refractivity contribution is 0.0940. The van der Waals surface area contributed by atoms with Gasteiger partial charge in [-0.3, -0.25) is 4.79 Å². The first-order valence-electron chi connectivity index (χ1n) is 6.88. The minimum atomic E-state index is -0.329. The van der Waals surface area contributed by atoms with Gasteiger partial charge in [-0.1, -0.05) is 23.4 Å². The molecule has 0 bridgehead atoms. The van der Waals surface area contributed by atoms with E-state index in [1.807, 2.05) is 35.7 Å². The van der Waals surface area contributed by atoms with Gasteiger partial charge >= 0.3 is 0 Å². The maximum absolute atomic E-state index is 11.9. The first-order valence-corrected chi connectivity index (χ1v) is 7.76. The van der Waals surface area contributed by atoms with Crippen molar-refractivity contribution in [2.24, 2.45) is 0 Å². The Balaban J connectivity index is 1.51. The Morgan fingerprint density at radius 1 is 1.27 bits per heavy atom. The van der Waals surface area contributed by atoms with E-state index in [2.05, 4.69) is 20.4 Å². The second-order valence-electron chi connectivity index (χ2n) is 4.57. The molecule has 7 heteroatoms. The molecule has 1 amide bonds. The Labute approximate surface area is 131 Å². The summed E-state index contributed by atoms with van der Waals surface area (Å²) in [5, 5.41) is 9.50. The third-order valence-electron chi connectivity index (χ3n) is 2.99. The maximum Gasteiger partial charge on any atom is 0.292 e. The fourth-order valence-electron chi connectivity index (χ4n) is 1.91. The van der Waals surface area contributed by atoms with Crippen LogP contribution in [0.1, 0.15) is 22.0 Å². The van der Waals surface area contributed by atoms with Crippen molar-refractivity contribution in [3.8, 4) is 11.5 Å².